The standard InChI is InChI=1S/C13H11ClSTe/c1-10-2-8-13(9-3-10)16-15-12-6-4-11(14)5-7-12/h2-9H,1H3. The van der Waals surface area contributed by atoms with Crippen molar-refractivity contribution in [2.24, 2.45) is 0 Å². The molecule has 0 aliphatic carbocycles. The Bertz CT molecular complexity index is 405. The molecule has 2 aromatic carbocycles. The first-order valence-corrected chi connectivity index (χ1v) is 10.0. The molecule has 0 aromatic heterocycles. The van der Waals surface area contributed by atoms with Crippen LogP contribution >= 0.6 is 20.6 Å². The van der Waals surface area contributed by atoms with Crippen LogP contribution in [0.15, 0.2) is 53.4 Å². The normalized spacial score (nSPS) is 10.4. The Labute approximate surface area is 114 Å². The van der Waals surface area contributed by atoms with Gasteiger partial charge in [-0.15, -0.1) is 0 Å². The number of hydrogen-bond acceptors (Lipinski definition) is 1. The van der Waals surface area contributed by atoms with Crippen molar-refractivity contribution in [3.63, 3.8) is 0 Å². The van der Waals surface area contributed by atoms with Crippen LogP contribution in [0.3, 0.4) is 0 Å². The number of hydrogen-bond donors (Lipinski definition) is 0. The molecule has 0 unspecified atom stereocenters. The molecule has 0 N–H and O–H groups in total. The summed E-state index contributed by atoms with van der Waals surface area (Å²) in [6.07, 6.45) is 0. The van der Waals surface area contributed by atoms with Crippen LogP contribution in [0.1, 0.15) is 5.56 Å². The second kappa shape index (κ2) is 5.98. The molecule has 82 valence electrons. The van der Waals surface area contributed by atoms with E-state index < -0.39 is 0 Å². The third-order valence-corrected chi connectivity index (χ3v) is 7.85. The van der Waals surface area contributed by atoms with Gasteiger partial charge < -0.3 is 0 Å². The Morgan fingerprint density at radius 2 is 1.56 bits per heavy atom. The van der Waals surface area contributed by atoms with E-state index in [1.54, 1.807) is 0 Å². The predicted octanol–water partition coefficient (Wildman–Crippen LogP) is 3.69. The summed E-state index contributed by atoms with van der Waals surface area (Å²) in [5.41, 5.74) is 1.33. The summed E-state index contributed by atoms with van der Waals surface area (Å²) >= 11 is 5.66. The summed E-state index contributed by atoms with van der Waals surface area (Å²) in [7, 11) is 1.96. The van der Waals surface area contributed by atoms with Crippen molar-refractivity contribution in [1.29, 1.82) is 0 Å². The van der Waals surface area contributed by atoms with E-state index >= 15 is 0 Å². The molecule has 0 heterocycles. The summed E-state index contributed by atoms with van der Waals surface area (Å²) in [4.78, 5) is 1.31. The van der Waals surface area contributed by atoms with Gasteiger partial charge in [0.25, 0.3) is 0 Å². The molecule has 0 radical (unpaired) electrons. The van der Waals surface area contributed by atoms with Gasteiger partial charge in [0, 0.05) is 0 Å². The summed E-state index contributed by atoms with van der Waals surface area (Å²) in [6, 6.07) is 16.9. The molecule has 0 aliphatic heterocycles. The molecule has 3 heteroatoms. The fourth-order valence-corrected chi connectivity index (χ4v) is 5.80. The van der Waals surface area contributed by atoms with Crippen LogP contribution in [0.5, 0.6) is 0 Å². The molecule has 0 spiro atoms. The zero-order chi connectivity index (χ0) is 11.4. The molecule has 0 saturated heterocycles. The minimum atomic E-state index is -0.183. The van der Waals surface area contributed by atoms with E-state index in [9.17, 15) is 0 Å². The topological polar surface area (TPSA) is 0 Å². The van der Waals surface area contributed by atoms with Crippen molar-refractivity contribution in [1.82, 2.24) is 0 Å². The Morgan fingerprint density at radius 3 is 2.19 bits per heavy atom. The maximum atomic E-state index is 5.85. The molecule has 0 aliphatic rings. The average Bonchev–Trinajstić information content (AvgIpc) is 2.30. The van der Waals surface area contributed by atoms with Gasteiger partial charge in [-0.3, -0.25) is 0 Å². The molecule has 0 saturated carbocycles. The van der Waals surface area contributed by atoms with E-state index in [1.807, 2.05) is 21.1 Å². The zero-order valence-corrected chi connectivity index (χ0v) is 12.7. The monoisotopic (exact) mass is 364 g/mol. The number of aryl methyl sites for hydroxylation is 1. The quantitative estimate of drug-likeness (QED) is 0.751. The summed E-state index contributed by atoms with van der Waals surface area (Å²) in [5.74, 6) is 0. The molecule has 0 nitrogen and oxygen atoms in total. The Hall–Kier alpha value is -0.130. The predicted molar refractivity (Wildman–Crippen MR) is 73.9 cm³/mol. The SMILES string of the molecule is Cc1ccc([Te]Sc2ccc(Cl)cc2)cc1. The number of benzene rings is 2. The van der Waals surface area contributed by atoms with Gasteiger partial charge in [-0.25, -0.2) is 0 Å². The minimum absolute atomic E-state index is 0.183. The van der Waals surface area contributed by atoms with Crippen molar-refractivity contribution in [3.8, 4) is 0 Å². The van der Waals surface area contributed by atoms with Crippen LogP contribution < -0.4 is 3.61 Å². The second-order valence-electron chi connectivity index (χ2n) is 3.43. The van der Waals surface area contributed by atoms with Crippen molar-refractivity contribution in [2.75, 3.05) is 0 Å². The molecule has 2 rings (SSSR count). The Balaban J connectivity index is 1.97. The van der Waals surface area contributed by atoms with E-state index in [1.165, 1.54) is 14.1 Å². The summed E-state index contributed by atoms with van der Waals surface area (Å²) in [5, 5.41) is 0.806. The molecular formula is C13H11ClSTe. The van der Waals surface area contributed by atoms with Gasteiger partial charge in [-0.2, -0.15) is 0 Å². The zero-order valence-electron chi connectivity index (χ0n) is 8.81. The van der Waals surface area contributed by atoms with Gasteiger partial charge in [0.2, 0.25) is 0 Å². The maximum absolute atomic E-state index is 5.85. The third kappa shape index (κ3) is 3.71. The van der Waals surface area contributed by atoms with Gasteiger partial charge in [0.05, 0.1) is 0 Å². The summed E-state index contributed by atoms with van der Waals surface area (Å²) in [6.45, 7) is 2.12. The second-order valence-corrected chi connectivity index (χ2v) is 8.87. The third-order valence-electron chi connectivity index (χ3n) is 2.07. The van der Waals surface area contributed by atoms with E-state index in [4.69, 9.17) is 11.6 Å². The molecule has 2 aromatic rings. The molecule has 16 heavy (non-hydrogen) atoms. The molecule has 0 bridgehead atoms. The summed E-state index contributed by atoms with van der Waals surface area (Å²) < 4.78 is 1.48. The van der Waals surface area contributed by atoms with Crippen molar-refractivity contribution in [3.05, 3.63) is 59.1 Å². The first kappa shape index (κ1) is 12.3. The fourth-order valence-electron chi connectivity index (χ4n) is 1.18. The Kier molecular flexibility index (Phi) is 4.61. The van der Waals surface area contributed by atoms with Gasteiger partial charge in [-0.05, 0) is 0 Å². The molecule has 0 fully saturated rings. The van der Waals surface area contributed by atoms with Crippen molar-refractivity contribution in [2.45, 2.75) is 11.8 Å². The first-order chi connectivity index (χ1) is 7.74. The van der Waals surface area contributed by atoms with Crippen molar-refractivity contribution < 1.29 is 0 Å². The van der Waals surface area contributed by atoms with Crippen LogP contribution in [0, 0.1) is 6.92 Å². The van der Waals surface area contributed by atoms with Crippen LogP contribution in [0.2, 0.25) is 5.02 Å². The molecule has 0 amide bonds. The van der Waals surface area contributed by atoms with Crippen LogP contribution in [-0.2, 0) is 0 Å². The first-order valence-electron chi connectivity index (χ1n) is 4.91. The van der Waals surface area contributed by atoms with Crippen LogP contribution in [-0.4, -0.2) is 19.5 Å². The number of rotatable bonds is 3. The molecule has 0 atom stereocenters. The van der Waals surface area contributed by atoms with Gasteiger partial charge in [0.1, 0.15) is 0 Å². The van der Waals surface area contributed by atoms with E-state index in [0.29, 0.717) is 0 Å². The average molecular weight is 362 g/mol. The fraction of sp³-hybridized carbons (Fsp3) is 0.0769. The van der Waals surface area contributed by atoms with E-state index in [2.05, 4.69) is 43.3 Å². The van der Waals surface area contributed by atoms with Crippen LogP contribution in [0.25, 0.3) is 0 Å². The van der Waals surface area contributed by atoms with Crippen LogP contribution in [0.4, 0.5) is 0 Å². The molecular weight excluding hydrogens is 351 g/mol. The van der Waals surface area contributed by atoms with Crippen molar-refractivity contribution >= 4 is 43.8 Å². The Morgan fingerprint density at radius 1 is 0.938 bits per heavy atom. The van der Waals surface area contributed by atoms with E-state index in [0.717, 1.165) is 5.02 Å². The van der Waals surface area contributed by atoms with Gasteiger partial charge in [0.15, 0.2) is 0 Å². The number of halogens is 1. The van der Waals surface area contributed by atoms with Gasteiger partial charge in [-0.1, -0.05) is 0 Å². The van der Waals surface area contributed by atoms with E-state index in [-0.39, 0.29) is 19.5 Å². The van der Waals surface area contributed by atoms with Gasteiger partial charge >= 0.3 is 115 Å².